The van der Waals surface area contributed by atoms with Gasteiger partial charge in [-0.25, -0.2) is 0 Å². The normalized spacial score (nSPS) is 62.3. The molecule has 2 heterocycles. The van der Waals surface area contributed by atoms with Crippen LogP contribution >= 0.6 is 0 Å². The van der Waals surface area contributed by atoms with Crippen molar-refractivity contribution in [3.05, 3.63) is 18.1 Å². The molecular weight excluding hydrogens is 429 g/mol. The number of ether oxygens (including phenoxy) is 2. The first-order valence-corrected chi connectivity index (χ1v) is 10.8. The summed E-state index contributed by atoms with van der Waals surface area (Å²) in [6.45, 7) is 13.9. The van der Waals surface area contributed by atoms with Crippen LogP contribution in [0.25, 0.3) is 0 Å². The summed E-state index contributed by atoms with van der Waals surface area (Å²) in [7, 11) is 0. The van der Waals surface area contributed by atoms with E-state index in [0.717, 1.165) is 6.42 Å². The fraction of sp³-hybridized carbons (Fsp3) is 0.870. The Hall–Kier alpha value is 0.684. The third-order valence-corrected chi connectivity index (χ3v) is 9.82. The van der Waals surface area contributed by atoms with Crippen LogP contribution in [-0.4, -0.2) is 46.8 Å². The smallest absolute Gasteiger partial charge is 0.107 e. The van der Waals surface area contributed by atoms with Gasteiger partial charge in [-0.15, -0.1) is 5.92 Å². The van der Waals surface area contributed by atoms with Crippen LogP contribution in [0, 0.1) is 46.8 Å². The van der Waals surface area contributed by atoms with E-state index >= 15 is 0 Å². The summed E-state index contributed by atoms with van der Waals surface area (Å²) in [5.41, 5.74) is 0.384. The molecule has 3 unspecified atom stereocenters. The molecule has 28 heavy (non-hydrogen) atoms. The summed E-state index contributed by atoms with van der Waals surface area (Å²) >= 11 is 0. The Morgan fingerprint density at radius 1 is 1.18 bits per heavy atom. The SMILES string of the molecule is CC1=CC(C)[C@@H](C)[C@@]2(C)[C@@H]1C[C@H]1OC(C)[CH-][C@@H]3[C@]14CO[C@@]3(C)C(O)[C@H](O)[C@@H]24.[Y]. The topological polar surface area (TPSA) is 58.9 Å². The molecule has 2 aliphatic heterocycles. The largest absolute Gasteiger partial charge is 0.406 e. The van der Waals surface area contributed by atoms with Gasteiger partial charge in [-0.2, -0.15) is 0 Å². The first-order chi connectivity index (χ1) is 12.6. The average Bonchev–Trinajstić information content (AvgIpc) is 2.86. The summed E-state index contributed by atoms with van der Waals surface area (Å²) in [4.78, 5) is 0. The fourth-order valence-corrected chi connectivity index (χ4v) is 8.38. The van der Waals surface area contributed by atoms with Crippen molar-refractivity contribution in [3.8, 4) is 0 Å². The Morgan fingerprint density at radius 3 is 2.54 bits per heavy atom. The van der Waals surface area contributed by atoms with Gasteiger partial charge < -0.3 is 19.7 Å². The molecule has 2 bridgehead atoms. The fourth-order valence-electron chi connectivity index (χ4n) is 8.38. The first-order valence-electron chi connectivity index (χ1n) is 10.8. The van der Waals surface area contributed by atoms with Crippen molar-refractivity contribution in [2.45, 2.75) is 78.0 Å². The quantitative estimate of drug-likeness (QED) is 0.428. The van der Waals surface area contributed by atoms with Gasteiger partial charge in [0.05, 0.1) is 24.4 Å². The van der Waals surface area contributed by atoms with Crippen molar-refractivity contribution in [1.82, 2.24) is 0 Å². The van der Waals surface area contributed by atoms with Crippen molar-refractivity contribution >= 4 is 0 Å². The maximum absolute atomic E-state index is 11.5. The average molecular weight is 464 g/mol. The third-order valence-electron chi connectivity index (χ3n) is 9.82. The van der Waals surface area contributed by atoms with Gasteiger partial charge in [-0.3, -0.25) is 6.42 Å². The molecule has 0 amide bonds. The Balaban J connectivity index is 0.00000192. The van der Waals surface area contributed by atoms with Crippen LogP contribution in [0.15, 0.2) is 11.6 Å². The number of aliphatic hydroxyl groups is 2. The van der Waals surface area contributed by atoms with E-state index < -0.39 is 17.8 Å². The van der Waals surface area contributed by atoms with E-state index in [4.69, 9.17) is 9.47 Å². The molecule has 1 spiro atoms. The third kappa shape index (κ3) is 2.29. The van der Waals surface area contributed by atoms with E-state index in [1.807, 2.05) is 6.92 Å². The Morgan fingerprint density at radius 2 is 1.86 bits per heavy atom. The van der Waals surface area contributed by atoms with Gasteiger partial charge in [-0.1, -0.05) is 45.4 Å². The second-order valence-electron chi connectivity index (χ2n) is 10.7. The second-order valence-corrected chi connectivity index (χ2v) is 10.7. The van der Waals surface area contributed by atoms with Crippen LogP contribution in [0.4, 0.5) is 0 Å². The Labute approximate surface area is 194 Å². The van der Waals surface area contributed by atoms with Crippen LogP contribution in [0.3, 0.4) is 0 Å². The number of rotatable bonds is 0. The second kappa shape index (κ2) is 6.59. The van der Waals surface area contributed by atoms with Gasteiger partial charge in [0.25, 0.3) is 0 Å². The van der Waals surface area contributed by atoms with Crippen LogP contribution in [0.2, 0.25) is 0 Å². The predicted molar refractivity (Wildman–Crippen MR) is 103 cm³/mol. The molecule has 4 nitrogen and oxygen atoms in total. The van der Waals surface area contributed by atoms with Crippen LogP contribution in [-0.2, 0) is 42.2 Å². The zero-order valence-corrected chi connectivity index (χ0v) is 20.9. The van der Waals surface area contributed by atoms with E-state index in [2.05, 4.69) is 47.1 Å². The van der Waals surface area contributed by atoms with Crippen molar-refractivity contribution < 1.29 is 52.4 Å². The summed E-state index contributed by atoms with van der Waals surface area (Å²) in [6, 6.07) is 0. The maximum atomic E-state index is 11.5. The molecule has 5 aliphatic rings. The molecular formula is C23H35O4Y-. The molecule has 2 saturated carbocycles. The van der Waals surface area contributed by atoms with Crippen molar-refractivity contribution in [2.75, 3.05) is 6.61 Å². The van der Waals surface area contributed by atoms with Gasteiger partial charge in [0.2, 0.25) is 0 Å². The molecule has 5 heteroatoms. The van der Waals surface area contributed by atoms with E-state index in [1.165, 1.54) is 5.57 Å². The van der Waals surface area contributed by atoms with Crippen molar-refractivity contribution in [3.63, 3.8) is 0 Å². The molecule has 0 aromatic heterocycles. The Kier molecular flexibility index (Phi) is 5.16. The van der Waals surface area contributed by atoms with E-state index in [0.29, 0.717) is 24.4 Å². The number of fused-ring (bicyclic) bond motifs is 2. The summed E-state index contributed by atoms with van der Waals surface area (Å²) in [5.74, 6) is 1.35. The minimum atomic E-state index is -0.866. The van der Waals surface area contributed by atoms with Gasteiger partial charge in [0.1, 0.15) is 6.10 Å². The van der Waals surface area contributed by atoms with Gasteiger partial charge >= 0.3 is 0 Å². The molecule has 0 aromatic rings. The number of allylic oxidation sites excluding steroid dienone is 2. The molecule has 3 aliphatic carbocycles. The monoisotopic (exact) mass is 464 g/mol. The van der Waals surface area contributed by atoms with Crippen LogP contribution < -0.4 is 0 Å². The molecule has 0 aromatic carbocycles. The Bertz CT molecular complexity index is 696. The molecule has 155 valence electrons. The molecule has 4 fully saturated rings. The summed E-state index contributed by atoms with van der Waals surface area (Å²) in [5, 5.41) is 22.7. The zero-order chi connectivity index (χ0) is 19.5. The minimum absolute atomic E-state index is 0. The van der Waals surface area contributed by atoms with Gasteiger partial charge in [-0.05, 0) is 43.4 Å². The number of hydrogen-bond donors (Lipinski definition) is 2. The first kappa shape index (κ1) is 21.9. The zero-order valence-electron chi connectivity index (χ0n) is 18.1. The van der Waals surface area contributed by atoms with E-state index in [-0.39, 0.29) is 67.6 Å². The number of hydrogen-bond acceptors (Lipinski definition) is 4. The minimum Gasteiger partial charge on any atom is -0.406 e. The van der Waals surface area contributed by atoms with E-state index in [1.54, 1.807) is 0 Å². The molecule has 5 rings (SSSR count). The summed E-state index contributed by atoms with van der Waals surface area (Å²) < 4.78 is 12.9. The summed E-state index contributed by atoms with van der Waals surface area (Å²) in [6.07, 6.45) is 4.14. The number of aliphatic hydroxyl groups excluding tert-OH is 2. The molecule has 1 radical (unpaired) electrons. The van der Waals surface area contributed by atoms with Crippen molar-refractivity contribution in [2.24, 2.45) is 40.4 Å². The van der Waals surface area contributed by atoms with Crippen molar-refractivity contribution in [1.29, 1.82) is 0 Å². The molecule has 2 saturated heterocycles. The van der Waals surface area contributed by atoms with Crippen LogP contribution in [0.5, 0.6) is 0 Å². The molecule has 2 N–H and O–H groups in total. The van der Waals surface area contributed by atoms with Gasteiger partial charge in [0, 0.05) is 44.0 Å². The van der Waals surface area contributed by atoms with E-state index in [9.17, 15) is 10.2 Å². The predicted octanol–water partition coefficient (Wildman–Crippen LogP) is 2.98. The van der Waals surface area contributed by atoms with Crippen LogP contribution in [0.1, 0.15) is 48.0 Å². The van der Waals surface area contributed by atoms with Gasteiger partial charge in [0.15, 0.2) is 0 Å². The maximum Gasteiger partial charge on any atom is 0.107 e. The standard InChI is InChI=1S/C23H35O4.Y/c1-11-7-12(2)15-9-17-23-10-26-22(6,16(23)8-13(3)27-17)20(25)18(24)19(23)21(15,5)14(11)4;/h7-8,11,13-20,24-25H,9-10H2,1-6H3;/q-1;/t11?,13?,14-,15-,16+,17-,18-,19+,20?,21+,22-,23-;/m1./s1. The molecule has 12 atom stereocenters.